The molecule has 0 radical (unpaired) electrons. The van der Waals surface area contributed by atoms with E-state index >= 15 is 0 Å². The van der Waals surface area contributed by atoms with Crippen molar-refractivity contribution in [1.29, 1.82) is 0 Å². The van der Waals surface area contributed by atoms with E-state index in [0.717, 1.165) is 26.1 Å². The molecule has 0 saturated heterocycles. The van der Waals surface area contributed by atoms with Crippen molar-refractivity contribution in [3.63, 3.8) is 0 Å². The first-order valence-corrected chi connectivity index (χ1v) is 6.86. The molecule has 0 aliphatic heterocycles. The first-order valence-electron chi connectivity index (χ1n) is 6.86. The summed E-state index contributed by atoms with van der Waals surface area (Å²) in [6.45, 7) is 3.14. The van der Waals surface area contributed by atoms with Crippen LogP contribution in [0.15, 0.2) is 60.7 Å². The summed E-state index contributed by atoms with van der Waals surface area (Å²) in [5, 5.41) is 3.44. The van der Waals surface area contributed by atoms with Gasteiger partial charge in [-0.25, -0.2) is 0 Å². The molecule has 1 N–H and O–H groups in total. The number of rotatable bonds is 7. The molecule has 0 aromatic heterocycles. The van der Waals surface area contributed by atoms with Gasteiger partial charge >= 0.3 is 0 Å². The van der Waals surface area contributed by atoms with Gasteiger partial charge in [-0.1, -0.05) is 48.5 Å². The van der Waals surface area contributed by atoms with E-state index in [1.165, 1.54) is 11.3 Å². The molecular weight excluding hydrogens is 232 g/mol. The Morgan fingerprint density at radius 1 is 0.895 bits per heavy atom. The van der Waals surface area contributed by atoms with Crippen LogP contribution in [0.25, 0.3) is 0 Å². The summed E-state index contributed by atoms with van der Waals surface area (Å²) in [4.78, 5) is 2.36. The zero-order valence-corrected chi connectivity index (χ0v) is 11.5. The standard InChI is InChI=1S/C17H22N2/c1-19(15-16-9-4-2-5-10-16)14-8-13-18-17-11-6-3-7-12-17/h2-7,9-12,18H,8,13-15H2,1H3. The van der Waals surface area contributed by atoms with Gasteiger partial charge in [-0.3, -0.25) is 0 Å². The van der Waals surface area contributed by atoms with E-state index in [1.807, 2.05) is 6.07 Å². The Morgan fingerprint density at radius 3 is 2.21 bits per heavy atom. The van der Waals surface area contributed by atoms with Crippen molar-refractivity contribution in [1.82, 2.24) is 4.90 Å². The van der Waals surface area contributed by atoms with Gasteiger partial charge < -0.3 is 10.2 Å². The summed E-state index contributed by atoms with van der Waals surface area (Å²) in [7, 11) is 2.18. The van der Waals surface area contributed by atoms with Gasteiger partial charge in [0, 0.05) is 18.8 Å². The molecule has 0 spiro atoms. The van der Waals surface area contributed by atoms with Gasteiger partial charge in [0.2, 0.25) is 0 Å². The molecule has 0 unspecified atom stereocenters. The van der Waals surface area contributed by atoms with Crippen LogP contribution in [0.3, 0.4) is 0 Å². The maximum Gasteiger partial charge on any atom is 0.0340 e. The van der Waals surface area contributed by atoms with Crippen molar-refractivity contribution < 1.29 is 0 Å². The number of anilines is 1. The Balaban J connectivity index is 1.63. The number of para-hydroxylation sites is 1. The van der Waals surface area contributed by atoms with E-state index < -0.39 is 0 Å². The van der Waals surface area contributed by atoms with Gasteiger partial charge in [0.1, 0.15) is 0 Å². The van der Waals surface area contributed by atoms with Crippen LogP contribution in [0.2, 0.25) is 0 Å². The number of hydrogen-bond acceptors (Lipinski definition) is 2. The van der Waals surface area contributed by atoms with E-state index in [0.29, 0.717) is 0 Å². The molecule has 2 aromatic carbocycles. The van der Waals surface area contributed by atoms with Crippen molar-refractivity contribution in [2.45, 2.75) is 13.0 Å². The highest BCUT2D eigenvalue weighted by Gasteiger charge is 1.99. The SMILES string of the molecule is CN(CCCNc1ccccc1)Cc1ccccc1. The molecule has 0 bridgehead atoms. The topological polar surface area (TPSA) is 15.3 Å². The summed E-state index contributed by atoms with van der Waals surface area (Å²) in [6.07, 6.45) is 1.15. The zero-order chi connectivity index (χ0) is 13.3. The summed E-state index contributed by atoms with van der Waals surface area (Å²) in [6, 6.07) is 21.0. The normalized spacial score (nSPS) is 10.6. The van der Waals surface area contributed by atoms with Gasteiger partial charge in [-0.05, 0) is 37.7 Å². The maximum absolute atomic E-state index is 3.44. The second-order valence-electron chi connectivity index (χ2n) is 4.87. The zero-order valence-electron chi connectivity index (χ0n) is 11.5. The van der Waals surface area contributed by atoms with Gasteiger partial charge in [0.25, 0.3) is 0 Å². The molecule has 2 nitrogen and oxygen atoms in total. The number of hydrogen-bond donors (Lipinski definition) is 1. The fourth-order valence-electron chi connectivity index (χ4n) is 2.11. The first kappa shape index (κ1) is 13.6. The molecule has 0 saturated carbocycles. The molecule has 0 fully saturated rings. The molecule has 19 heavy (non-hydrogen) atoms. The Hall–Kier alpha value is -1.80. The molecule has 2 rings (SSSR count). The molecule has 0 aliphatic carbocycles. The van der Waals surface area contributed by atoms with Crippen LogP contribution >= 0.6 is 0 Å². The fourth-order valence-corrected chi connectivity index (χ4v) is 2.11. The predicted molar refractivity (Wildman–Crippen MR) is 82.3 cm³/mol. The molecule has 0 aliphatic rings. The quantitative estimate of drug-likeness (QED) is 0.759. The third-order valence-corrected chi connectivity index (χ3v) is 3.11. The van der Waals surface area contributed by atoms with Crippen molar-refractivity contribution in [3.05, 3.63) is 66.2 Å². The van der Waals surface area contributed by atoms with Crippen molar-refractivity contribution in [2.75, 3.05) is 25.5 Å². The minimum absolute atomic E-state index is 1.02. The average Bonchev–Trinajstić information content (AvgIpc) is 2.46. The van der Waals surface area contributed by atoms with Crippen molar-refractivity contribution in [2.24, 2.45) is 0 Å². The van der Waals surface area contributed by atoms with Crippen LogP contribution in [0, 0.1) is 0 Å². The highest BCUT2D eigenvalue weighted by Crippen LogP contribution is 2.06. The monoisotopic (exact) mass is 254 g/mol. The largest absolute Gasteiger partial charge is 0.385 e. The Morgan fingerprint density at radius 2 is 1.53 bits per heavy atom. The van der Waals surface area contributed by atoms with Gasteiger partial charge in [0.05, 0.1) is 0 Å². The van der Waals surface area contributed by atoms with Crippen LogP contribution in [0.1, 0.15) is 12.0 Å². The minimum Gasteiger partial charge on any atom is -0.385 e. The first-order chi connectivity index (χ1) is 9.34. The lowest BCUT2D eigenvalue weighted by Crippen LogP contribution is -2.21. The van der Waals surface area contributed by atoms with E-state index in [2.05, 4.69) is 71.9 Å². The Labute approximate surface area is 116 Å². The van der Waals surface area contributed by atoms with E-state index in [4.69, 9.17) is 0 Å². The van der Waals surface area contributed by atoms with Gasteiger partial charge in [0.15, 0.2) is 0 Å². The summed E-state index contributed by atoms with van der Waals surface area (Å²) in [5.74, 6) is 0. The van der Waals surface area contributed by atoms with Crippen molar-refractivity contribution >= 4 is 5.69 Å². The molecule has 2 aromatic rings. The third-order valence-electron chi connectivity index (χ3n) is 3.11. The maximum atomic E-state index is 3.44. The highest BCUT2D eigenvalue weighted by molar-refractivity contribution is 5.42. The van der Waals surface area contributed by atoms with E-state index in [9.17, 15) is 0 Å². The highest BCUT2D eigenvalue weighted by atomic mass is 15.1. The van der Waals surface area contributed by atoms with Crippen LogP contribution in [0.4, 0.5) is 5.69 Å². The van der Waals surface area contributed by atoms with Gasteiger partial charge in [-0.2, -0.15) is 0 Å². The van der Waals surface area contributed by atoms with E-state index in [-0.39, 0.29) is 0 Å². The lowest BCUT2D eigenvalue weighted by Gasteiger charge is -2.17. The predicted octanol–water partition coefficient (Wildman–Crippen LogP) is 3.62. The summed E-state index contributed by atoms with van der Waals surface area (Å²) < 4.78 is 0. The minimum atomic E-state index is 1.02. The second kappa shape index (κ2) is 7.59. The van der Waals surface area contributed by atoms with Crippen LogP contribution in [-0.2, 0) is 6.54 Å². The molecule has 0 heterocycles. The molecular formula is C17H22N2. The number of nitrogens with one attached hydrogen (secondary N) is 1. The third kappa shape index (κ3) is 5.14. The lowest BCUT2D eigenvalue weighted by atomic mass is 10.2. The average molecular weight is 254 g/mol. The van der Waals surface area contributed by atoms with Crippen LogP contribution < -0.4 is 5.32 Å². The molecule has 0 amide bonds. The van der Waals surface area contributed by atoms with Crippen LogP contribution in [-0.4, -0.2) is 25.0 Å². The Kier molecular flexibility index (Phi) is 5.45. The smallest absolute Gasteiger partial charge is 0.0340 e. The van der Waals surface area contributed by atoms with Crippen molar-refractivity contribution in [3.8, 4) is 0 Å². The number of benzene rings is 2. The van der Waals surface area contributed by atoms with Gasteiger partial charge in [-0.15, -0.1) is 0 Å². The number of nitrogens with zero attached hydrogens (tertiary/aromatic N) is 1. The Bertz CT molecular complexity index is 453. The lowest BCUT2D eigenvalue weighted by molar-refractivity contribution is 0.325. The van der Waals surface area contributed by atoms with Crippen LogP contribution in [0.5, 0.6) is 0 Å². The molecule has 0 atom stereocenters. The second-order valence-corrected chi connectivity index (χ2v) is 4.87. The molecule has 2 heteroatoms. The summed E-state index contributed by atoms with van der Waals surface area (Å²) in [5.41, 5.74) is 2.58. The fraction of sp³-hybridized carbons (Fsp3) is 0.294. The molecule has 100 valence electrons. The summed E-state index contributed by atoms with van der Waals surface area (Å²) >= 11 is 0. The van der Waals surface area contributed by atoms with E-state index in [1.54, 1.807) is 0 Å².